The van der Waals surface area contributed by atoms with Crippen LogP contribution in [-0.2, 0) is 14.3 Å². The molecular formula is C18H21N3O5. The van der Waals surface area contributed by atoms with Crippen molar-refractivity contribution < 1.29 is 24.2 Å². The van der Waals surface area contributed by atoms with Crippen LogP contribution in [0.3, 0.4) is 0 Å². The summed E-state index contributed by atoms with van der Waals surface area (Å²) in [5.74, 6) is -0.871. The number of nitrogens with two attached hydrogens (primary N) is 1. The molecule has 0 spiro atoms. The fourth-order valence-corrected chi connectivity index (χ4v) is 3.30. The maximum absolute atomic E-state index is 11.6. The van der Waals surface area contributed by atoms with Gasteiger partial charge in [-0.2, -0.15) is 0 Å². The highest BCUT2D eigenvalue weighted by atomic mass is 16.5. The van der Waals surface area contributed by atoms with Crippen LogP contribution in [0.2, 0.25) is 0 Å². The van der Waals surface area contributed by atoms with E-state index in [1.54, 1.807) is 17.3 Å². The van der Waals surface area contributed by atoms with Crippen LogP contribution in [0, 0.1) is 0 Å². The lowest BCUT2D eigenvalue weighted by molar-refractivity contribution is -0.149. The Balaban J connectivity index is 1.75. The largest absolute Gasteiger partial charge is 0.489 e. The van der Waals surface area contributed by atoms with E-state index < -0.39 is 24.1 Å². The minimum absolute atomic E-state index is 0.0734. The van der Waals surface area contributed by atoms with Crippen molar-refractivity contribution in [1.82, 2.24) is 9.88 Å². The summed E-state index contributed by atoms with van der Waals surface area (Å²) in [6.45, 7) is 0.330. The van der Waals surface area contributed by atoms with E-state index in [1.165, 1.54) is 7.11 Å². The number of likely N-dealkylation sites (tertiary alicyclic amines) is 1. The molecule has 8 nitrogen and oxygen atoms in total. The van der Waals surface area contributed by atoms with Crippen molar-refractivity contribution in [1.29, 1.82) is 0 Å². The number of hydrogen-bond acceptors (Lipinski definition) is 6. The van der Waals surface area contributed by atoms with Crippen LogP contribution in [0.15, 0.2) is 36.7 Å². The highest BCUT2D eigenvalue weighted by molar-refractivity contribution is 5.82. The number of benzene rings is 1. The molecule has 1 unspecified atom stereocenters. The minimum atomic E-state index is -0.979. The Morgan fingerprint density at radius 3 is 2.88 bits per heavy atom. The van der Waals surface area contributed by atoms with E-state index in [4.69, 9.17) is 15.2 Å². The molecule has 0 saturated carbocycles. The molecule has 26 heavy (non-hydrogen) atoms. The van der Waals surface area contributed by atoms with Gasteiger partial charge >= 0.3 is 5.97 Å². The highest BCUT2D eigenvalue weighted by Gasteiger charge is 2.42. The van der Waals surface area contributed by atoms with Gasteiger partial charge in [0.1, 0.15) is 24.1 Å². The number of carbonyl (C=O) groups is 2. The van der Waals surface area contributed by atoms with Crippen molar-refractivity contribution in [3.8, 4) is 5.75 Å². The molecule has 8 heteroatoms. The number of methoxy groups -OCH3 is 1. The zero-order valence-corrected chi connectivity index (χ0v) is 14.4. The monoisotopic (exact) mass is 359 g/mol. The zero-order valence-electron chi connectivity index (χ0n) is 14.4. The standard InChI is InChI=1S/C18H21N3O5/c1-25-17(8-16(19)22)21-10-14(7-15(21)18(23)24)26-13-3-2-12-9-20-5-4-11(12)6-13/h2-6,9,14-15,17H,7-8,10H2,1H3,(H2,19,22)(H,23,24)/t14-,15+,17?/m1/s1. The van der Waals surface area contributed by atoms with Crippen LogP contribution in [-0.4, -0.2) is 58.9 Å². The summed E-state index contributed by atoms with van der Waals surface area (Å²) < 4.78 is 11.3. The van der Waals surface area contributed by atoms with Crippen molar-refractivity contribution in [2.24, 2.45) is 5.73 Å². The number of hydrogen-bond donors (Lipinski definition) is 2. The molecule has 0 aliphatic carbocycles. The highest BCUT2D eigenvalue weighted by Crippen LogP contribution is 2.28. The molecule has 3 rings (SSSR count). The molecule has 3 N–H and O–H groups in total. The average molecular weight is 359 g/mol. The van der Waals surface area contributed by atoms with Crippen LogP contribution in [0.1, 0.15) is 12.8 Å². The number of carbonyl (C=O) groups excluding carboxylic acids is 1. The molecule has 1 saturated heterocycles. The quantitative estimate of drug-likeness (QED) is 0.757. The number of primary amides is 1. The number of fused-ring (bicyclic) bond motifs is 1. The molecule has 0 bridgehead atoms. The lowest BCUT2D eigenvalue weighted by Gasteiger charge is -2.28. The predicted molar refractivity (Wildman–Crippen MR) is 93.5 cm³/mol. The summed E-state index contributed by atoms with van der Waals surface area (Å²) >= 11 is 0. The molecule has 1 fully saturated rings. The Kier molecular flexibility index (Phi) is 5.34. The number of pyridine rings is 1. The Morgan fingerprint density at radius 1 is 1.38 bits per heavy atom. The van der Waals surface area contributed by atoms with Crippen molar-refractivity contribution in [2.75, 3.05) is 13.7 Å². The second kappa shape index (κ2) is 7.67. The Labute approximate surface area is 150 Å². The third-order valence-corrected chi connectivity index (χ3v) is 4.52. The molecule has 2 aromatic rings. The molecule has 2 heterocycles. The van der Waals surface area contributed by atoms with E-state index in [9.17, 15) is 14.7 Å². The van der Waals surface area contributed by atoms with Crippen LogP contribution >= 0.6 is 0 Å². The van der Waals surface area contributed by atoms with Crippen LogP contribution < -0.4 is 10.5 Å². The first kappa shape index (κ1) is 18.1. The Bertz CT molecular complexity index is 812. The van der Waals surface area contributed by atoms with E-state index in [-0.39, 0.29) is 12.5 Å². The Morgan fingerprint density at radius 2 is 2.19 bits per heavy atom. The summed E-state index contributed by atoms with van der Waals surface area (Å²) in [7, 11) is 1.43. The molecule has 0 radical (unpaired) electrons. The number of aromatic nitrogens is 1. The fraction of sp³-hybridized carbons (Fsp3) is 0.389. The third kappa shape index (κ3) is 3.92. The summed E-state index contributed by atoms with van der Waals surface area (Å²) in [5, 5.41) is 11.5. The molecule has 1 amide bonds. The van der Waals surface area contributed by atoms with Crippen molar-refractivity contribution in [3.05, 3.63) is 36.7 Å². The van der Waals surface area contributed by atoms with Gasteiger partial charge in [0.15, 0.2) is 0 Å². The first-order chi connectivity index (χ1) is 12.5. The molecule has 1 aliphatic rings. The lowest BCUT2D eigenvalue weighted by atomic mass is 10.1. The predicted octanol–water partition coefficient (Wildman–Crippen LogP) is 0.989. The van der Waals surface area contributed by atoms with Gasteiger partial charge in [-0.1, -0.05) is 0 Å². The molecule has 1 aliphatic heterocycles. The Hall–Kier alpha value is -2.71. The maximum Gasteiger partial charge on any atom is 0.321 e. The normalized spacial score (nSPS) is 21.6. The second-order valence-corrected chi connectivity index (χ2v) is 6.27. The van der Waals surface area contributed by atoms with E-state index >= 15 is 0 Å². The van der Waals surface area contributed by atoms with E-state index in [0.717, 1.165) is 10.8 Å². The van der Waals surface area contributed by atoms with Crippen molar-refractivity contribution in [2.45, 2.75) is 31.2 Å². The number of ether oxygens (including phenoxy) is 2. The van der Waals surface area contributed by atoms with Gasteiger partial charge in [-0.3, -0.25) is 19.5 Å². The number of rotatable bonds is 7. The number of carboxylic acids is 1. The van der Waals surface area contributed by atoms with Gasteiger partial charge in [0.25, 0.3) is 0 Å². The summed E-state index contributed by atoms with van der Waals surface area (Å²) in [4.78, 5) is 28.5. The number of aliphatic carboxylic acids is 1. The second-order valence-electron chi connectivity index (χ2n) is 6.27. The fourth-order valence-electron chi connectivity index (χ4n) is 3.30. The topological polar surface area (TPSA) is 115 Å². The molecular weight excluding hydrogens is 338 g/mol. The number of carboxylic acid groups (broad SMARTS) is 1. The molecule has 3 atom stereocenters. The summed E-state index contributed by atoms with van der Waals surface area (Å²) in [5.41, 5.74) is 5.24. The average Bonchev–Trinajstić information content (AvgIpc) is 3.03. The van der Waals surface area contributed by atoms with Crippen molar-refractivity contribution in [3.63, 3.8) is 0 Å². The summed E-state index contributed by atoms with van der Waals surface area (Å²) in [6, 6.07) is 6.72. The van der Waals surface area contributed by atoms with Gasteiger partial charge < -0.3 is 20.3 Å². The van der Waals surface area contributed by atoms with E-state index in [0.29, 0.717) is 18.7 Å². The van der Waals surface area contributed by atoms with Gasteiger partial charge in [0.2, 0.25) is 5.91 Å². The maximum atomic E-state index is 11.6. The first-order valence-corrected chi connectivity index (χ1v) is 8.28. The van der Waals surface area contributed by atoms with E-state index in [1.807, 2.05) is 24.3 Å². The third-order valence-electron chi connectivity index (χ3n) is 4.52. The summed E-state index contributed by atoms with van der Waals surface area (Å²) in [6.07, 6.45) is 2.67. The van der Waals surface area contributed by atoms with Crippen LogP contribution in [0.4, 0.5) is 0 Å². The molecule has 1 aromatic carbocycles. The minimum Gasteiger partial charge on any atom is -0.489 e. The molecule has 138 valence electrons. The smallest absolute Gasteiger partial charge is 0.321 e. The van der Waals surface area contributed by atoms with Gasteiger partial charge in [0.05, 0.1) is 6.42 Å². The van der Waals surface area contributed by atoms with Gasteiger partial charge in [-0.15, -0.1) is 0 Å². The lowest BCUT2D eigenvalue weighted by Crippen LogP contribution is -2.46. The number of nitrogens with zero attached hydrogens (tertiary/aromatic N) is 2. The SMILES string of the molecule is COC(CC(N)=O)N1C[C@H](Oc2ccc3cnccc3c2)C[C@H]1C(=O)O. The number of amides is 1. The zero-order chi connectivity index (χ0) is 18.7. The van der Waals surface area contributed by atoms with Crippen molar-refractivity contribution >= 4 is 22.6 Å². The van der Waals surface area contributed by atoms with E-state index in [2.05, 4.69) is 4.98 Å². The van der Waals surface area contributed by atoms with Crippen LogP contribution in [0.25, 0.3) is 10.8 Å². The van der Waals surface area contributed by atoms with Gasteiger partial charge in [0, 0.05) is 37.9 Å². The van der Waals surface area contributed by atoms with Gasteiger partial charge in [-0.05, 0) is 29.7 Å². The molecule has 1 aromatic heterocycles. The van der Waals surface area contributed by atoms with Gasteiger partial charge in [-0.25, -0.2) is 0 Å². The van der Waals surface area contributed by atoms with Crippen LogP contribution in [0.5, 0.6) is 5.75 Å². The first-order valence-electron chi connectivity index (χ1n) is 8.28.